The molecule has 0 spiro atoms. The molecule has 28 heavy (non-hydrogen) atoms. The van der Waals surface area contributed by atoms with E-state index in [0.717, 1.165) is 44.8 Å². The van der Waals surface area contributed by atoms with Gasteiger partial charge in [0.2, 0.25) is 0 Å². The van der Waals surface area contributed by atoms with Crippen LogP contribution in [-0.2, 0) is 0 Å². The van der Waals surface area contributed by atoms with Gasteiger partial charge in [0.05, 0.1) is 25.5 Å². The largest absolute Gasteiger partial charge is 0.493 e. The standard InChI is InChI=1S/C21H21N3O3S/c1-12-9-16(14(3)24(12)19-10-13(2)27-23-19)17-11-28-21(22-17)15-7-6-8-18(25-4)20(15)26-5/h6-11H,1-5H3. The normalized spacial score (nSPS) is 11.0. The molecule has 3 heterocycles. The fourth-order valence-electron chi connectivity index (χ4n) is 3.41. The van der Waals surface area contributed by atoms with Crippen LogP contribution in [0.5, 0.6) is 11.5 Å². The maximum absolute atomic E-state index is 5.56. The second-order valence-electron chi connectivity index (χ2n) is 6.49. The van der Waals surface area contributed by atoms with Crippen LogP contribution in [0.25, 0.3) is 27.6 Å². The number of hydrogen-bond acceptors (Lipinski definition) is 6. The first-order chi connectivity index (χ1) is 13.5. The van der Waals surface area contributed by atoms with E-state index in [0.29, 0.717) is 11.5 Å². The van der Waals surface area contributed by atoms with Crippen LogP contribution in [0.4, 0.5) is 0 Å². The second kappa shape index (κ2) is 7.16. The average molecular weight is 395 g/mol. The van der Waals surface area contributed by atoms with Gasteiger partial charge in [0.25, 0.3) is 0 Å². The van der Waals surface area contributed by atoms with Gasteiger partial charge in [-0.2, -0.15) is 0 Å². The number of benzene rings is 1. The molecule has 0 bridgehead atoms. The predicted octanol–water partition coefficient (Wildman–Crippen LogP) is 5.20. The van der Waals surface area contributed by atoms with E-state index in [1.165, 1.54) is 0 Å². The molecule has 0 fully saturated rings. The number of rotatable bonds is 5. The highest BCUT2D eigenvalue weighted by atomic mass is 32.1. The Labute approximate surface area is 167 Å². The molecule has 1 aromatic carbocycles. The van der Waals surface area contributed by atoms with Gasteiger partial charge in [-0.15, -0.1) is 11.3 Å². The molecule has 0 aliphatic carbocycles. The van der Waals surface area contributed by atoms with Crippen molar-refractivity contribution in [3.63, 3.8) is 0 Å². The number of thiazole rings is 1. The van der Waals surface area contributed by atoms with Crippen LogP contribution in [0.3, 0.4) is 0 Å². The summed E-state index contributed by atoms with van der Waals surface area (Å²) >= 11 is 1.58. The molecule has 0 unspecified atom stereocenters. The van der Waals surface area contributed by atoms with Crippen LogP contribution in [-0.4, -0.2) is 28.9 Å². The van der Waals surface area contributed by atoms with Gasteiger partial charge in [0.1, 0.15) is 10.8 Å². The quantitative estimate of drug-likeness (QED) is 0.465. The Morgan fingerprint density at radius 2 is 1.86 bits per heavy atom. The number of aryl methyl sites for hydroxylation is 2. The molecule has 0 N–H and O–H groups in total. The minimum Gasteiger partial charge on any atom is -0.493 e. The molecule has 6 nitrogen and oxygen atoms in total. The van der Waals surface area contributed by atoms with Crippen molar-refractivity contribution in [2.75, 3.05) is 14.2 Å². The number of methoxy groups -OCH3 is 2. The first-order valence-corrected chi connectivity index (χ1v) is 9.71. The maximum atomic E-state index is 5.56. The number of nitrogens with zero attached hydrogens (tertiary/aromatic N) is 3. The number of aromatic nitrogens is 3. The lowest BCUT2D eigenvalue weighted by Gasteiger charge is -2.10. The van der Waals surface area contributed by atoms with Crippen LogP contribution in [0.2, 0.25) is 0 Å². The van der Waals surface area contributed by atoms with E-state index in [2.05, 4.69) is 35.0 Å². The molecule has 0 aliphatic rings. The Kier molecular flexibility index (Phi) is 4.68. The third-order valence-electron chi connectivity index (χ3n) is 4.69. The first kappa shape index (κ1) is 18.3. The molecule has 0 saturated carbocycles. The molecule has 3 aromatic heterocycles. The average Bonchev–Trinajstić information content (AvgIpc) is 3.40. The summed E-state index contributed by atoms with van der Waals surface area (Å²) in [5.41, 5.74) is 5.06. The monoisotopic (exact) mass is 395 g/mol. The van der Waals surface area contributed by atoms with E-state index in [4.69, 9.17) is 19.0 Å². The molecule has 0 saturated heterocycles. The lowest BCUT2D eigenvalue weighted by molar-refractivity contribution is 0.356. The second-order valence-corrected chi connectivity index (χ2v) is 7.35. The van der Waals surface area contributed by atoms with E-state index in [1.807, 2.05) is 31.2 Å². The van der Waals surface area contributed by atoms with E-state index in [1.54, 1.807) is 25.6 Å². The molecule has 144 valence electrons. The Bertz CT molecular complexity index is 1140. The summed E-state index contributed by atoms with van der Waals surface area (Å²) in [4.78, 5) is 4.87. The first-order valence-electron chi connectivity index (χ1n) is 8.83. The predicted molar refractivity (Wildman–Crippen MR) is 110 cm³/mol. The molecule has 0 radical (unpaired) electrons. The van der Waals surface area contributed by atoms with Gasteiger partial charge in [0, 0.05) is 28.4 Å². The molecule has 0 aliphatic heterocycles. The van der Waals surface area contributed by atoms with Crippen molar-refractivity contribution in [3.8, 4) is 39.1 Å². The van der Waals surface area contributed by atoms with E-state index in [9.17, 15) is 0 Å². The summed E-state index contributed by atoms with van der Waals surface area (Å²) in [6, 6.07) is 9.87. The molecule has 0 amide bonds. The summed E-state index contributed by atoms with van der Waals surface area (Å²) < 4.78 is 18.3. The van der Waals surface area contributed by atoms with Crippen molar-refractivity contribution >= 4 is 11.3 Å². The zero-order valence-electron chi connectivity index (χ0n) is 16.4. The fraction of sp³-hybridized carbons (Fsp3) is 0.238. The smallest absolute Gasteiger partial charge is 0.180 e. The van der Waals surface area contributed by atoms with Gasteiger partial charge in [-0.25, -0.2) is 4.98 Å². The Morgan fingerprint density at radius 1 is 1.04 bits per heavy atom. The van der Waals surface area contributed by atoms with Crippen molar-refractivity contribution in [2.24, 2.45) is 0 Å². The van der Waals surface area contributed by atoms with Crippen molar-refractivity contribution in [1.82, 2.24) is 14.7 Å². The van der Waals surface area contributed by atoms with Crippen LogP contribution in [0.1, 0.15) is 17.1 Å². The SMILES string of the molecule is COc1cccc(-c2nc(-c3cc(C)n(-c4cc(C)on4)c3C)cs2)c1OC. The molecular formula is C21H21N3O3S. The Balaban J connectivity index is 1.77. The van der Waals surface area contributed by atoms with Crippen molar-refractivity contribution < 1.29 is 14.0 Å². The number of hydrogen-bond donors (Lipinski definition) is 0. The molecule has 0 atom stereocenters. The van der Waals surface area contributed by atoms with Gasteiger partial charge in [-0.1, -0.05) is 11.2 Å². The third-order valence-corrected chi connectivity index (χ3v) is 5.56. The van der Waals surface area contributed by atoms with Crippen molar-refractivity contribution in [2.45, 2.75) is 20.8 Å². The van der Waals surface area contributed by atoms with Gasteiger partial charge < -0.3 is 14.0 Å². The van der Waals surface area contributed by atoms with Gasteiger partial charge in [-0.3, -0.25) is 4.57 Å². The maximum Gasteiger partial charge on any atom is 0.180 e. The third kappa shape index (κ3) is 2.97. The van der Waals surface area contributed by atoms with Crippen molar-refractivity contribution in [3.05, 3.63) is 52.9 Å². The lowest BCUT2D eigenvalue weighted by atomic mass is 10.1. The Morgan fingerprint density at radius 3 is 2.54 bits per heavy atom. The number of para-hydroxylation sites is 1. The minimum atomic E-state index is 0.689. The van der Waals surface area contributed by atoms with E-state index >= 15 is 0 Å². The summed E-state index contributed by atoms with van der Waals surface area (Å²) in [5, 5.41) is 7.10. The van der Waals surface area contributed by atoms with Crippen molar-refractivity contribution in [1.29, 1.82) is 0 Å². The van der Waals surface area contributed by atoms with Crippen LogP contribution < -0.4 is 9.47 Å². The summed E-state index contributed by atoms with van der Waals surface area (Å²) in [7, 11) is 3.28. The summed E-state index contributed by atoms with van der Waals surface area (Å²) in [6.45, 7) is 6.01. The molecule has 7 heteroatoms. The molecule has 4 rings (SSSR count). The highest BCUT2D eigenvalue weighted by Gasteiger charge is 2.19. The Hall–Kier alpha value is -3.06. The fourth-order valence-corrected chi connectivity index (χ4v) is 4.25. The van der Waals surface area contributed by atoms with Gasteiger partial charge in [-0.05, 0) is 39.0 Å². The zero-order chi connectivity index (χ0) is 19.8. The molecular weight excluding hydrogens is 374 g/mol. The summed E-state index contributed by atoms with van der Waals surface area (Å²) in [6.07, 6.45) is 0. The number of ether oxygens (including phenoxy) is 2. The van der Waals surface area contributed by atoms with Crippen LogP contribution >= 0.6 is 11.3 Å². The van der Waals surface area contributed by atoms with E-state index in [-0.39, 0.29) is 0 Å². The molecule has 4 aromatic rings. The zero-order valence-corrected chi connectivity index (χ0v) is 17.3. The van der Waals surface area contributed by atoms with Crippen LogP contribution in [0.15, 0.2) is 40.2 Å². The minimum absolute atomic E-state index is 0.689. The van der Waals surface area contributed by atoms with Gasteiger partial charge in [0.15, 0.2) is 17.3 Å². The summed E-state index contributed by atoms with van der Waals surface area (Å²) in [5.74, 6) is 2.94. The highest BCUT2D eigenvalue weighted by Crippen LogP contribution is 2.40. The topological polar surface area (TPSA) is 62.3 Å². The van der Waals surface area contributed by atoms with Gasteiger partial charge >= 0.3 is 0 Å². The highest BCUT2D eigenvalue weighted by molar-refractivity contribution is 7.13. The van der Waals surface area contributed by atoms with E-state index < -0.39 is 0 Å². The van der Waals surface area contributed by atoms with Crippen LogP contribution in [0, 0.1) is 20.8 Å². The lowest BCUT2D eigenvalue weighted by Crippen LogP contribution is -1.99.